The third kappa shape index (κ3) is 2.90. The fourth-order valence-corrected chi connectivity index (χ4v) is 4.35. The van der Waals surface area contributed by atoms with Crippen LogP contribution in [0.5, 0.6) is 0 Å². The minimum atomic E-state index is -0.124. The van der Waals surface area contributed by atoms with Gasteiger partial charge in [0.05, 0.1) is 18.2 Å². The minimum absolute atomic E-state index is 0.0469. The van der Waals surface area contributed by atoms with Gasteiger partial charge < -0.3 is 9.64 Å². The molecule has 3 atom stereocenters. The number of aromatic nitrogens is 2. The van der Waals surface area contributed by atoms with Crippen molar-refractivity contribution in [3.63, 3.8) is 0 Å². The Labute approximate surface area is 137 Å². The predicted molar refractivity (Wildman–Crippen MR) is 85.8 cm³/mol. The monoisotopic (exact) mass is 318 g/mol. The topological polar surface area (TPSA) is 50.6 Å². The number of aryl methyl sites for hydroxylation is 1. The van der Waals surface area contributed by atoms with Crippen LogP contribution in [0.15, 0.2) is 12.4 Å². The summed E-state index contributed by atoms with van der Waals surface area (Å²) in [7, 11) is 1.90. The number of rotatable bonds is 2. The van der Waals surface area contributed by atoms with Gasteiger partial charge >= 0.3 is 0 Å². The van der Waals surface area contributed by atoms with E-state index in [-0.39, 0.29) is 17.9 Å². The molecule has 0 unspecified atom stereocenters. The average Bonchev–Trinajstić information content (AvgIpc) is 3.22. The Morgan fingerprint density at radius 3 is 3.00 bits per heavy atom. The number of piperidine rings is 1. The molecule has 1 amide bonds. The summed E-state index contributed by atoms with van der Waals surface area (Å²) in [5.41, 5.74) is 1.03. The molecular formula is C17H26N4O2. The molecule has 3 saturated heterocycles. The Bertz CT molecular complexity index is 573. The molecule has 4 heterocycles. The van der Waals surface area contributed by atoms with Crippen LogP contribution in [-0.2, 0) is 16.6 Å². The van der Waals surface area contributed by atoms with E-state index in [2.05, 4.69) is 14.9 Å². The molecule has 3 aliphatic rings. The first-order chi connectivity index (χ1) is 11.2. The van der Waals surface area contributed by atoms with Crippen molar-refractivity contribution in [1.82, 2.24) is 19.6 Å². The van der Waals surface area contributed by atoms with E-state index in [4.69, 9.17) is 4.74 Å². The van der Waals surface area contributed by atoms with E-state index in [0.29, 0.717) is 12.6 Å². The third-order valence-corrected chi connectivity index (χ3v) is 5.61. The Morgan fingerprint density at radius 1 is 1.26 bits per heavy atom. The van der Waals surface area contributed by atoms with E-state index in [1.807, 2.05) is 19.4 Å². The Morgan fingerprint density at radius 2 is 2.17 bits per heavy atom. The van der Waals surface area contributed by atoms with Crippen LogP contribution in [0.4, 0.5) is 0 Å². The van der Waals surface area contributed by atoms with Gasteiger partial charge in [-0.15, -0.1) is 0 Å². The lowest BCUT2D eigenvalue weighted by Crippen LogP contribution is -2.57. The molecule has 1 aromatic rings. The number of ether oxygens (including phenoxy) is 1. The molecule has 0 aliphatic carbocycles. The summed E-state index contributed by atoms with van der Waals surface area (Å²) < 4.78 is 7.65. The van der Waals surface area contributed by atoms with E-state index in [1.54, 1.807) is 4.68 Å². The molecule has 3 fully saturated rings. The number of fused-ring (bicyclic) bond motifs is 1. The van der Waals surface area contributed by atoms with E-state index in [9.17, 15) is 4.79 Å². The van der Waals surface area contributed by atoms with Gasteiger partial charge in [-0.25, -0.2) is 0 Å². The minimum Gasteiger partial charge on any atom is -0.373 e. The lowest BCUT2D eigenvalue weighted by molar-refractivity contribution is -0.141. The molecule has 0 N–H and O–H groups in total. The van der Waals surface area contributed by atoms with Crippen LogP contribution in [0.2, 0.25) is 0 Å². The summed E-state index contributed by atoms with van der Waals surface area (Å²) in [6, 6.07) is 0.570. The summed E-state index contributed by atoms with van der Waals surface area (Å²) in [6.45, 7) is 4.67. The fourth-order valence-electron chi connectivity index (χ4n) is 4.35. The number of hydrogen-bond donors (Lipinski definition) is 0. The van der Waals surface area contributed by atoms with Gasteiger partial charge in [-0.1, -0.05) is 6.42 Å². The van der Waals surface area contributed by atoms with Crippen LogP contribution in [0.3, 0.4) is 0 Å². The molecule has 0 radical (unpaired) electrons. The van der Waals surface area contributed by atoms with Crippen LogP contribution >= 0.6 is 0 Å². The maximum atomic E-state index is 13.1. The van der Waals surface area contributed by atoms with E-state index >= 15 is 0 Å². The second-order valence-corrected chi connectivity index (χ2v) is 7.10. The normalized spacial score (nSPS) is 32.0. The molecule has 6 heteroatoms. The highest BCUT2D eigenvalue weighted by atomic mass is 16.5. The first-order valence-corrected chi connectivity index (χ1v) is 8.85. The van der Waals surface area contributed by atoms with Crippen LogP contribution < -0.4 is 0 Å². The summed E-state index contributed by atoms with van der Waals surface area (Å²) in [5, 5.41) is 4.23. The number of carbonyl (C=O) groups is 1. The number of piperazine rings is 1. The first kappa shape index (κ1) is 15.1. The predicted octanol–water partition coefficient (Wildman–Crippen LogP) is 1.19. The van der Waals surface area contributed by atoms with Crippen LogP contribution in [0, 0.1) is 5.92 Å². The standard InChI is InChI=1S/C17H26N4O2/c1-19-11-13(10-18-19)16-15(5-9-23-16)17(22)21-8-7-20-6-3-2-4-14(20)12-21/h10-11,14-16H,2-9,12H2,1H3/t14-,15-,16+/m0/s1. The molecule has 0 bridgehead atoms. The first-order valence-electron chi connectivity index (χ1n) is 8.85. The quantitative estimate of drug-likeness (QED) is 0.822. The van der Waals surface area contributed by atoms with Gasteiger partial charge in [-0.2, -0.15) is 5.10 Å². The number of carbonyl (C=O) groups excluding carboxylic acids is 1. The zero-order valence-corrected chi connectivity index (χ0v) is 13.9. The van der Waals surface area contributed by atoms with Gasteiger partial charge in [-0.3, -0.25) is 14.4 Å². The molecule has 0 spiro atoms. The second kappa shape index (κ2) is 6.24. The van der Waals surface area contributed by atoms with Gasteiger partial charge in [-0.05, 0) is 25.8 Å². The van der Waals surface area contributed by atoms with Crippen molar-refractivity contribution >= 4 is 5.91 Å². The largest absolute Gasteiger partial charge is 0.373 e. The highest BCUT2D eigenvalue weighted by molar-refractivity contribution is 5.80. The van der Waals surface area contributed by atoms with Gasteiger partial charge in [0.25, 0.3) is 0 Å². The zero-order valence-electron chi connectivity index (χ0n) is 13.9. The van der Waals surface area contributed by atoms with Gasteiger partial charge in [0.1, 0.15) is 0 Å². The van der Waals surface area contributed by atoms with E-state index < -0.39 is 0 Å². The van der Waals surface area contributed by atoms with Crippen LogP contribution in [0.1, 0.15) is 37.4 Å². The molecule has 0 aromatic carbocycles. The SMILES string of the molecule is Cn1cc([C@H]2OCC[C@@H]2C(=O)N2CCN3CCCC[C@H]3C2)cn1. The lowest BCUT2D eigenvalue weighted by Gasteiger charge is -2.44. The Balaban J connectivity index is 1.45. The van der Waals surface area contributed by atoms with Crippen molar-refractivity contribution in [3.05, 3.63) is 18.0 Å². The summed E-state index contributed by atoms with van der Waals surface area (Å²) in [4.78, 5) is 17.7. The Hall–Kier alpha value is -1.40. The van der Waals surface area contributed by atoms with E-state index in [0.717, 1.165) is 31.6 Å². The van der Waals surface area contributed by atoms with Crippen molar-refractivity contribution in [2.45, 2.75) is 37.8 Å². The molecule has 0 saturated carbocycles. The van der Waals surface area contributed by atoms with Crippen molar-refractivity contribution < 1.29 is 9.53 Å². The second-order valence-electron chi connectivity index (χ2n) is 7.10. The maximum Gasteiger partial charge on any atom is 0.228 e. The molecule has 126 valence electrons. The molecular weight excluding hydrogens is 292 g/mol. The van der Waals surface area contributed by atoms with Crippen molar-refractivity contribution in [2.75, 3.05) is 32.8 Å². The Kier molecular flexibility index (Phi) is 4.11. The van der Waals surface area contributed by atoms with Crippen LogP contribution in [0.25, 0.3) is 0 Å². The number of nitrogens with zero attached hydrogens (tertiary/aromatic N) is 4. The molecule has 3 aliphatic heterocycles. The zero-order chi connectivity index (χ0) is 15.8. The highest BCUT2D eigenvalue weighted by Crippen LogP contribution is 2.36. The third-order valence-electron chi connectivity index (χ3n) is 5.61. The highest BCUT2D eigenvalue weighted by Gasteiger charge is 2.40. The van der Waals surface area contributed by atoms with Gasteiger partial charge in [0, 0.05) is 51.1 Å². The number of amides is 1. The van der Waals surface area contributed by atoms with Crippen molar-refractivity contribution in [3.8, 4) is 0 Å². The number of hydrogen-bond acceptors (Lipinski definition) is 4. The van der Waals surface area contributed by atoms with Crippen molar-refractivity contribution in [1.29, 1.82) is 0 Å². The summed E-state index contributed by atoms with van der Waals surface area (Å²) in [6.07, 6.45) is 8.34. The van der Waals surface area contributed by atoms with Crippen LogP contribution in [-0.4, -0.2) is 64.3 Å². The van der Waals surface area contributed by atoms with Gasteiger partial charge in [0.15, 0.2) is 0 Å². The summed E-state index contributed by atoms with van der Waals surface area (Å²) >= 11 is 0. The average molecular weight is 318 g/mol. The maximum absolute atomic E-state index is 13.1. The molecule has 6 nitrogen and oxygen atoms in total. The molecule has 23 heavy (non-hydrogen) atoms. The molecule has 1 aromatic heterocycles. The van der Waals surface area contributed by atoms with E-state index in [1.165, 1.54) is 25.8 Å². The van der Waals surface area contributed by atoms with Crippen molar-refractivity contribution in [2.24, 2.45) is 13.0 Å². The smallest absolute Gasteiger partial charge is 0.228 e. The fraction of sp³-hybridized carbons (Fsp3) is 0.765. The molecule has 4 rings (SSSR count). The summed E-state index contributed by atoms with van der Waals surface area (Å²) in [5.74, 6) is 0.232. The van der Waals surface area contributed by atoms with Gasteiger partial charge in [0.2, 0.25) is 5.91 Å². The lowest BCUT2D eigenvalue weighted by atomic mass is 9.94.